The van der Waals surface area contributed by atoms with Gasteiger partial charge in [0.1, 0.15) is 6.29 Å². The van der Waals surface area contributed by atoms with Crippen LogP contribution in [0, 0.1) is 5.41 Å². The van der Waals surface area contributed by atoms with E-state index in [0.717, 1.165) is 11.9 Å². The number of hydrogen-bond donors (Lipinski definition) is 0. The molecule has 0 fully saturated rings. The zero-order valence-electron chi connectivity index (χ0n) is 10.7. The Bertz CT molecular complexity index is 399. The van der Waals surface area contributed by atoms with Crippen molar-refractivity contribution in [1.82, 2.24) is 4.90 Å². The van der Waals surface area contributed by atoms with Gasteiger partial charge in [0.25, 0.3) is 5.91 Å². The molecule has 0 saturated heterocycles. The van der Waals surface area contributed by atoms with E-state index in [0.29, 0.717) is 12.1 Å². The number of rotatable bonds is 4. The summed E-state index contributed by atoms with van der Waals surface area (Å²) in [6.07, 6.45) is 4.02. The molecule has 1 atom stereocenters. The highest BCUT2D eigenvalue weighted by Crippen LogP contribution is 2.29. The van der Waals surface area contributed by atoms with Crippen molar-refractivity contribution in [3.05, 3.63) is 36.5 Å². The molecule has 0 aliphatic carbocycles. The highest BCUT2D eigenvalue weighted by atomic mass is 16.2. The molecule has 3 heteroatoms. The Kier molecular flexibility index (Phi) is 3.71. The van der Waals surface area contributed by atoms with Crippen molar-refractivity contribution < 1.29 is 9.59 Å². The van der Waals surface area contributed by atoms with Gasteiger partial charge in [0.2, 0.25) is 0 Å². The summed E-state index contributed by atoms with van der Waals surface area (Å²) in [6, 6.07) is -0.428. The normalized spacial score (nSPS) is 18.3. The van der Waals surface area contributed by atoms with Crippen LogP contribution in [0.25, 0.3) is 0 Å². The van der Waals surface area contributed by atoms with Crippen LogP contribution in [0.4, 0.5) is 0 Å². The average Bonchev–Trinajstić information content (AvgIpc) is 2.54. The molecule has 1 aliphatic heterocycles. The van der Waals surface area contributed by atoms with Crippen LogP contribution in [0.15, 0.2) is 36.5 Å². The topological polar surface area (TPSA) is 37.4 Å². The summed E-state index contributed by atoms with van der Waals surface area (Å²) in [5.41, 5.74) is 1.11. The van der Waals surface area contributed by atoms with E-state index in [2.05, 4.69) is 13.2 Å². The van der Waals surface area contributed by atoms with Gasteiger partial charge in [-0.3, -0.25) is 4.79 Å². The van der Waals surface area contributed by atoms with Gasteiger partial charge in [-0.15, -0.1) is 0 Å². The number of carbonyl (C=O) groups is 2. The quantitative estimate of drug-likeness (QED) is 0.697. The third-order valence-electron chi connectivity index (χ3n) is 2.98. The van der Waals surface area contributed by atoms with Crippen molar-refractivity contribution >= 4 is 12.2 Å². The Morgan fingerprint density at radius 1 is 1.29 bits per heavy atom. The van der Waals surface area contributed by atoms with Gasteiger partial charge in [0, 0.05) is 12.1 Å². The lowest BCUT2D eigenvalue weighted by atomic mass is 9.86. The van der Waals surface area contributed by atoms with Crippen molar-refractivity contribution in [2.45, 2.75) is 26.8 Å². The minimum atomic E-state index is -0.428. The van der Waals surface area contributed by atoms with Crippen molar-refractivity contribution in [2.75, 3.05) is 6.54 Å². The maximum Gasteiger partial charge on any atom is 0.255 e. The molecule has 17 heavy (non-hydrogen) atoms. The maximum atomic E-state index is 12.1. The second-order valence-corrected chi connectivity index (χ2v) is 5.23. The molecule has 1 unspecified atom stereocenters. The second kappa shape index (κ2) is 4.70. The van der Waals surface area contributed by atoms with Crippen molar-refractivity contribution in [3.63, 3.8) is 0 Å². The standard InChI is InChI=1S/C14H19NO2/c1-6-10-8-15(13(17)11(10)7-2)12(9-16)14(3,4)5/h6-7,9,12H,1-2,8H2,3-5H3. The van der Waals surface area contributed by atoms with Crippen LogP contribution >= 0.6 is 0 Å². The van der Waals surface area contributed by atoms with Gasteiger partial charge in [-0.2, -0.15) is 0 Å². The highest BCUT2D eigenvalue weighted by molar-refractivity contribution is 6.01. The molecule has 1 amide bonds. The van der Waals surface area contributed by atoms with E-state index < -0.39 is 6.04 Å². The minimum Gasteiger partial charge on any atom is -0.324 e. The predicted octanol–water partition coefficient (Wildman–Crippen LogP) is 2.11. The molecule has 0 aromatic heterocycles. The van der Waals surface area contributed by atoms with E-state index in [1.165, 1.54) is 6.08 Å². The van der Waals surface area contributed by atoms with Crippen LogP contribution in [-0.4, -0.2) is 29.7 Å². The molecule has 1 rings (SSSR count). The summed E-state index contributed by atoms with van der Waals surface area (Å²) >= 11 is 0. The maximum absolute atomic E-state index is 12.1. The third kappa shape index (κ3) is 2.38. The minimum absolute atomic E-state index is 0.137. The summed E-state index contributed by atoms with van der Waals surface area (Å²) in [5, 5.41) is 0. The zero-order chi connectivity index (χ0) is 13.2. The Hall–Kier alpha value is -1.64. The molecule has 0 aromatic carbocycles. The SMILES string of the molecule is C=CC1=C(C=C)C(=O)N(C(C=O)C(C)(C)C)C1. The molecule has 1 aliphatic rings. The molecule has 3 nitrogen and oxygen atoms in total. The molecule has 0 aromatic rings. The van der Waals surface area contributed by atoms with Crippen LogP contribution in [0.5, 0.6) is 0 Å². The molecule has 1 heterocycles. The number of nitrogens with zero attached hydrogens (tertiary/aromatic N) is 1. The fraction of sp³-hybridized carbons (Fsp3) is 0.429. The first kappa shape index (κ1) is 13.4. The largest absolute Gasteiger partial charge is 0.324 e. The molecule has 92 valence electrons. The van der Waals surface area contributed by atoms with Crippen molar-refractivity contribution in [3.8, 4) is 0 Å². The summed E-state index contributed by atoms with van der Waals surface area (Å²) in [7, 11) is 0. The van der Waals surface area contributed by atoms with Crippen LogP contribution < -0.4 is 0 Å². The lowest BCUT2D eigenvalue weighted by molar-refractivity contribution is -0.133. The van der Waals surface area contributed by atoms with Gasteiger partial charge in [-0.25, -0.2) is 0 Å². The Labute approximate surface area is 102 Å². The van der Waals surface area contributed by atoms with Crippen LogP contribution in [-0.2, 0) is 9.59 Å². The lowest BCUT2D eigenvalue weighted by Crippen LogP contribution is -2.46. The molecule has 0 radical (unpaired) electrons. The van der Waals surface area contributed by atoms with Gasteiger partial charge in [0.05, 0.1) is 6.04 Å². The Morgan fingerprint density at radius 2 is 1.88 bits per heavy atom. The van der Waals surface area contributed by atoms with Gasteiger partial charge < -0.3 is 9.69 Å². The first-order chi connectivity index (χ1) is 7.86. The zero-order valence-corrected chi connectivity index (χ0v) is 10.7. The summed E-state index contributed by atoms with van der Waals surface area (Å²) < 4.78 is 0. The summed E-state index contributed by atoms with van der Waals surface area (Å²) in [4.78, 5) is 24.9. The first-order valence-electron chi connectivity index (χ1n) is 5.61. The van der Waals surface area contributed by atoms with Crippen molar-refractivity contribution in [2.24, 2.45) is 5.41 Å². The first-order valence-corrected chi connectivity index (χ1v) is 5.61. The fourth-order valence-corrected chi connectivity index (χ4v) is 2.00. The van der Waals surface area contributed by atoms with Crippen LogP contribution in [0.3, 0.4) is 0 Å². The third-order valence-corrected chi connectivity index (χ3v) is 2.98. The van der Waals surface area contributed by atoms with E-state index in [1.54, 1.807) is 11.0 Å². The molecule has 0 spiro atoms. The van der Waals surface area contributed by atoms with E-state index in [4.69, 9.17) is 0 Å². The van der Waals surface area contributed by atoms with Gasteiger partial charge in [-0.1, -0.05) is 46.1 Å². The Morgan fingerprint density at radius 3 is 2.18 bits per heavy atom. The molecule has 0 bridgehead atoms. The number of amides is 1. The highest BCUT2D eigenvalue weighted by Gasteiger charge is 2.38. The number of aldehydes is 1. The van der Waals surface area contributed by atoms with Crippen molar-refractivity contribution in [1.29, 1.82) is 0 Å². The smallest absolute Gasteiger partial charge is 0.255 e. The summed E-state index contributed by atoms with van der Waals surface area (Å²) in [5.74, 6) is -0.137. The van der Waals surface area contributed by atoms with Gasteiger partial charge >= 0.3 is 0 Å². The monoisotopic (exact) mass is 233 g/mol. The fourth-order valence-electron chi connectivity index (χ4n) is 2.00. The van der Waals surface area contributed by atoms with E-state index in [-0.39, 0.29) is 11.3 Å². The van der Waals surface area contributed by atoms with Gasteiger partial charge in [-0.05, 0) is 11.0 Å². The molecular formula is C14H19NO2. The summed E-state index contributed by atoms with van der Waals surface area (Å²) in [6.45, 7) is 13.6. The van der Waals surface area contributed by atoms with E-state index >= 15 is 0 Å². The molecular weight excluding hydrogens is 214 g/mol. The van der Waals surface area contributed by atoms with E-state index in [9.17, 15) is 9.59 Å². The Balaban J connectivity index is 3.07. The van der Waals surface area contributed by atoms with Crippen LogP contribution in [0.1, 0.15) is 20.8 Å². The average molecular weight is 233 g/mol. The second-order valence-electron chi connectivity index (χ2n) is 5.23. The van der Waals surface area contributed by atoms with Crippen LogP contribution in [0.2, 0.25) is 0 Å². The lowest BCUT2D eigenvalue weighted by Gasteiger charge is -2.34. The number of hydrogen-bond acceptors (Lipinski definition) is 2. The molecule has 0 N–H and O–H groups in total. The number of carbonyl (C=O) groups excluding carboxylic acids is 2. The predicted molar refractivity (Wildman–Crippen MR) is 68.4 cm³/mol. The molecule has 0 saturated carbocycles. The van der Waals surface area contributed by atoms with Gasteiger partial charge in [0.15, 0.2) is 0 Å². The van der Waals surface area contributed by atoms with E-state index in [1.807, 2.05) is 20.8 Å².